The zero-order valence-electron chi connectivity index (χ0n) is 12.2. The standard InChI is InChI=1S/C17H18N2O2/c1-12-3-5-14(6-4-12)21-11-13(2)19-17-15-8-10-20-16(15)7-9-18-17/h3-10,13H,11H2,1-2H3,(H,18,19). The number of hydrogen-bond donors (Lipinski definition) is 1. The van der Waals surface area contributed by atoms with Crippen LogP contribution in [-0.2, 0) is 0 Å². The molecule has 0 fully saturated rings. The highest BCUT2D eigenvalue weighted by molar-refractivity contribution is 5.87. The molecule has 0 saturated heterocycles. The van der Waals surface area contributed by atoms with E-state index in [2.05, 4.69) is 24.1 Å². The number of nitrogens with one attached hydrogen (secondary N) is 1. The molecule has 0 bridgehead atoms. The SMILES string of the molecule is Cc1ccc(OCC(C)Nc2nccc3occc23)cc1. The van der Waals surface area contributed by atoms with Gasteiger partial charge in [0.2, 0.25) is 0 Å². The minimum absolute atomic E-state index is 0.138. The molecule has 1 aromatic carbocycles. The third kappa shape index (κ3) is 3.16. The molecule has 0 amide bonds. The fourth-order valence-electron chi connectivity index (χ4n) is 2.14. The van der Waals surface area contributed by atoms with Crippen LogP contribution in [0.4, 0.5) is 5.82 Å². The van der Waals surface area contributed by atoms with Gasteiger partial charge < -0.3 is 14.5 Å². The molecule has 0 spiro atoms. The predicted molar refractivity (Wildman–Crippen MR) is 83.8 cm³/mol. The van der Waals surface area contributed by atoms with Crippen molar-refractivity contribution in [2.24, 2.45) is 0 Å². The van der Waals surface area contributed by atoms with Crippen LogP contribution < -0.4 is 10.1 Å². The maximum Gasteiger partial charge on any atom is 0.139 e. The number of aryl methyl sites for hydroxylation is 1. The number of nitrogens with zero attached hydrogens (tertiary/aromatic N) is 1. The van der Waals surface area contributed by atoms with Crippen molar-refractivity contribution in [1.82, 2.24) is 4.98 Å². The zero-order chi connectivity index (χ0) is 14.7. The van der Waals surface area contributed by atoms with Crippen molar-refractivity contribution in [1.29, 1.82) is 0 Å². The Balaban J connectivity index is 1.62. The lowest BCUT2D eigenvalue weighted by atomic mass is 10.2. The summed E-state index contributed by atoms with van der Waals surface area (Å²) in [6.45, 7) is 4.69. The molecule has 4 nitrogen and oxygen atoms in total. The summed E-state index contributed by atoms with van der Waals surface area (Å²) in [5, 5.41) is 4.34. The molecule has 2 aromatic heterocycles. The molecule has 0 aliphatic rings. The number of anilines is 1. The van der Waals surface area contributed by atoms with Gasteiger partial charge in [0.1, 0.15) is 23.8 Å². The number of ether oxygens (including phenoxy) is 1. The topological polar surface area (TPSA) is 47.3 Å². The highest BCUT2D eigenvalue weighted by Crippen LogP contribution is 2.22. The zero-order valence-corrected chi connectivity index (χ0v) is 12.2. The van der Waals surface area contributed by atoms with Crippen molar-refractivity contribution >= 4 is 16.8 Å². The predicted octanol–water partition coefficient (Wildman–Crippen LogP) is 4.02. The quantitative estimate of drug-likeness (QED) is 0.768. The summed E-state index contributed by atoms with van der Waals surface area (Å²) in [6.07, 6.45) is 3.41. The fourth-order valence-corrected chi connectivity index (χ4v) is 2.14. The average molecular weight is 282 g/mol. The van der Waals surface area contributed by atoms with Crippen molar-refractivity contribution in [3.63, 3.8) is 0 Å². The van der Waals surface area contributed by atoms with Crippen molar-refractivity contribution in [3.05, 3.63) is 54.4 Å². The Morgan fingerprint density at radius 2 is 2.00 bits per heavy atom. The number of fused-ring (bicyclic) bond motifs is 1. The Morgan fingerprint density at radius 1 is 1.19 bits per heavy atom. The molecule has 3 rings (SSSR count). The molecule has 0 aliphatic carbocycles. The van der Waals surface area contributed by atoms with E-state index in [0.29, 0.717) is 6.61 Å². The van der Waals surface area contributed by atoms with Crippen LogP contribution in [0.2, 0.25) is 0 Å². The number of hydrogen-bond acceptors (Lipinski definition) is 4. The van der Waals surface area contributed by atoms with Gasteiger partial charge in [-0.2, -0.15) is 0 Å². The van der Waals surface area contributed by atoms with E-state index in [1.54, 1.807) is 12.5 Å². The molecular formula is C17H18N2O2. The molecule has 108 valence electrons. The van der Waals surface area contributed by atoms with E-state index in [1.807, 2.05) is 36.4 Å². The molecule has 1 unspecified atom stereocenters. The van der Waals surface area contributed by atoms with Gasteiger partial charge in [0.05, 0.1) is 17.7 Å². The molecule has 2 heterocycles. The Morgan fingerprint density at radius 3 is 2.81 bits per heavy atom. The maximum absolute atomic E-state index is 5.77. The van der Waals surface area contributed by atoms with Crippen molar-refractivity contribution in [2.75, 3.05) is 11.9 Å². The van der Waals surface area contributed by atoms with Crippen molar-refractivity contribution < 1.29 is 9.15 Å². The lowest BCUT2D eigenvalue weighted by molar-refractivity contribution is 0.304. The van der Waals surface area contributed by atoms with Crippen molar-refractivity contribution in [3.8, 4) is 5.75 Å². The molecule has 0 aliphatic heterocycles. The molecule has 3 aromatic rings. The maximum atomic E-state index is 5.77. The lowest BCUT2D eigenvalue weighted by Crippen LogP contribution is -2.24. The highest BCUT2D eigenvalue weighted by atomic mass is 16.5. The summed E-state index contributed by atoms with van der Waals surface area (Å²) < 4.78 is 11.1. The van der Waals surface area contributed by atoms with Crippen LogP contribution in [0.25, 0.3) is 11.0 Å². The van der Waals surface area contributed by atoms with Gasteiger partial charge in [0.25, 0.3) is 0 Å². The van der Waals surface area contributed by atoms with E-state index in [9.17, 15) is 0 Å². The second kappa shape index (κ2) is 5.87. The molecule has 0 radical (unpaired) electrons. The number of furan rings is 1. The summed E-state index contributed by atoms with van der Waals surface area (Å²) in [7, 11) is 0. The number of benzene rings is 1. The van der Waals surface area contributed by atoms with E-state index < -0.39 is 0 Å². The van der Waals surface area contributed by atoms with Crippen LogP contribution in [0.15, 0.2) is 53.3 Å². The Kier molecular flexibility index (Phi) is 3.77. The number of rotatable bonds is 5. The highest BCUT2D eigenvalue weighted by Gasteiger charge is 2.08. The Bertz CT molecular complexity index is 719. The van der Waals surface area contributed by atoms with E-state index >= 15 is 0 Å². The Hall–Kier alpha value is -2.49. The molecule has 1 atom stereocenters. The van der Waals surface area contributed by atoms with Gasteiger partial charge in [-0.15, -0.1) is 0 Å². The second-order valence-electron chi connectivity index (χ2n) is 5.16. The van der Waals surface area contributed by atoms with Gasteiger partial charge in [0, 0.05) is 6.20 Å². The van der Waals surface area contributed by atoms with Gasteiger partial charge >= 0.3 is 0 Å². The Labute approximate surface area is 123 Å². The van der Waals surface area contributed by atoms with Gasteiger partial charge in [0.15, 0.2) is 0 Å². The fraction of sp³-hybridized carbons (Fsp3) is 0.235. The summed E-state index contributed by atoms with van der Waals surface area (Å²) in [5.74, 6) is 1.70. The first kappa shape index (κ1) is 13.5. The number of aromatic nitrogens is 1. The summed E-state index contributed by atoms with van der Waals surface area (Å²) in [5.41, 5.74) is 2.06. The molecule has 21 heavy (non-hydrogen) atoms. The second-order valence-corrected chi connectivity index (χ2v) is 5.16. The first-order chi connectivity index (χ1) is 10.2. The molecule has 1 N–H and O–H groups in total. The third-order valence-electron chi connectivity index (χ3n) is 3.28. The average Bonchev–Trinajstić information content (AvgIpc) is 2.96. The third-order valence-corrected chi connectivity index (χ3v) is 3.28. The van der Waals surface area contributed by atoms with Gasteiger partial charge in [-0.05, 0) is 38.1 Å². The summed E-state index contributed by atoms with van der Waals surface area (Å²) in [6, 6.07) is 12.0. The largest absolute Gasteiger partial charge is 0.491 e. The summed E-state index contributed by atoms with van der Waals surface area (Å²) >= 11 is 0. The van der Waals surface area contributed by atoms with Crippen LogP contribution in [0.3, 0.4) is 0 Å². The van der Waals surface area contributed by atoms with Gasteiger partial charge in [-0.1, -0.05) is 17.7 Å². The molecule has 0 saturated carbocycles. The van der Waals surface area contributed by atoms with E-state index in [-0.39, 0.29) is 6.04 Å². The number of pyridine rings is 1. The van der Waals surface area contributed by atoms with Crippen LogP contribution >= 0.6 is 0 Å². The van der Waals surface area contributed by atoms with Gasteiger partial charge in [-0.3, -0.25) is 0 Å². The first-order valence-electron chi connectivity index (χ1n) is 7.00. The van der Waals surface area contributed by atoms with E-state index in [1.165, 1.54) is 5.56 Å². The van der Waals surface area contributed by atoms with Crippen LogP contribution in [0, 0.1) is 6.92 Å². The minimum atomic E-state index is 0.138. The van der Waals surface area contributed by atoms with Crippen LogP contribution in [0.5, 0.6) is 5.75 Å². The first-order valence-corrected chi connectivity index (χ1v) is 7.00. The minimum Gasteiger partial charge on any atom is -0.491 e. The van der Waals surface area contributed by atoms with Crippen LogP contribution in [0.1, 0.15) is 12.5 Å². The summed E-state index contributed by atoms with van der Waals surface area (Å²) in [4.78, 5) is 4.36. The van der Waals surface area contributed by atoms with Crippen molar-refractivity contribution in [2.45, 2.75) is 19.9 Å². The normalized spacial score (nSPS) is 12.3. The van der Waals surface area contributed by atoms with Crippen LogP contribution in [-0.4, -0.2) is 17.6 Å². The van der Waals surface area contributed by atoms with E-state index in [4.69, 9.17) is 9.15 Å². The molecular weight excluding hydrogens is 264 g/mol. The molecule has 4 heteroatoms. The van der Waals surface area contributed by atoms with E-state index in [0.717, 1.165) is 22.5 Å². The van der Waals surface area contributed by atoms with Gasteiger partial charge in [-0.25, -0.2) is 4.98 Å². The lowest BCUT2D eigenvalue weighted by Gasteiger charge is -2.16. The monoisotopic (exact) mass is 282 g/mol. The smallest absolute Gasteiger partial charge is 0.139 e.